The van der Waals surface area contributed by atoms with Crippen LogP contribution < -0.4 is 5.32 Å². The Morgan fingerprint density at radius 3 is 2.80 bits per heavy atom. The first-order valence-electron chi connectivity index (χ1n) is 2.77. The molecule has 0 aliphatic heterocycles. The normalized spacial score (nSPS) is 8.80. The monoisotopic (exact) mass is 136 g/mol. The van der Waals surface area contributed by atoms with Gasteiger partial charge in [0.05, 0.1) is 0 Å². The fourth-order valence-electron chi connectivity index (χ4n) is 0.559. The summed E-state index contributed by atoms with van der Waals surface area (Å²) in [4.78, 5) is 17.2. The molecule has 0 saturated carbocycles. The molecule has 1 aromatic heterocycles. The maximum atomic E-state index is 9.70. The molecule has 0 saturated heterocycles. The van der Waals surface area contributed by atoms with Crippen LogP contribution in [0.4, 0.5) is 0 Å². The number of nitrogens with one attached hydrogen (secondary N) is 1. The topological polar surface area (TPSA) is 54.9 Å². The van der Waals surface area contributed by atoms with Gasteiger partial charge in [0.25, 0.3) is 0 Å². The van der Waals surface area contributed by atoms with E-state index in [1.807, 2.05) is 0 Å². The lowest BCUT2D eigenvalue weighted by molar-refractivity contribution is 0.541. The first kappa shape index (κ1) is 6.67. The molecule has 0 bridgehead atoms. The number of hydrogen-bond acceptors (Lipinski definition) is 3. The third kappa shape index (κ3) is 1.81. The van der Waals surface area contributed by atoms with Crippen LogP contribution in [0.1, 0.15) is 5.56 Å². The van der Waals surface area contributed by atoms with Crippen LogP contribution in [0.25, 0.3) is 0 Å². The summed E-state index contributed by atoms with van der Waals surface area (Å²) in [6.45, 7) is 0.435. The number of amides is 1. The largest absolute Gasteiger partial charge is 0.344 e. The van der Waals surface area contributed by atoms with E-state index >= 15 is 0 Å². The van der Waals surface area contributed by atoms with Crippen molar-refractivity contribution in [2.45, 2.75) is 6.54 Å². The van der Waals surface area contributed by atoms with Gasteiger partial charge in [0.15, 0.2) is 0 Å². The first-order valence-corrected chi connectivity index (χ1v) is 2.77. The van der Waals surface area contributed by atoms with Gasteiger partial charge in [-0.15, -0.1) is 0 Å². The van der Waals surface area contributed by atoms with Crippen molar-refractivity contribution in [2.75, 3.05) is 0 Å². The average molecular weight is 136 g/mol. The van der Waals surface area contributed by atoms with Crippen molar-refractivity contribution in [1.82, 2.24) is 15.3 Å². The summed E-state index contributed by atoms with van der Waals surface area (Å²) in [5, 5.41) is 2.38. The molecular weight excluding hydrogens is 130 g/mol. The Labute approximate surface area is 58.3 Å². The summed E-state index contributed by atoms with van der Waals surface area (Å²) in [6, 6.07) is 0. The van der Waals surface area contributed by atoms with Gasteiger partial charge in [0.1, 0.15) is 6.33 Å². The summed E-state index contributed by atoms with van der Waals surface area (Å²) in [7, 11) is 0. The Bertz CT molecular complexity index is 199. The number of carbonyl (C=O) groups excluding carboxylic acids is 1. The van der Waals surface area contributed by atoms with Crippen molar-refractivity contribution in [1.29, 1.82) is 0 Å². The van der Waals surface area contributed by atoms with Crippen LogP contribution in [-0.4, -0.2) is 16.4 Å². The van der Waals surface area contributed by atoms with E-state index in [2.05, 4.69) is 15.3 Å². The van der Waals surface area contributed by atoms with Crippen molar-refractivity contribution in [3.63, 3.8) is 0 Å². The van der Waals surface area contributed by atoms with Gasteiger partial charge in [-0.1, -0.05) is 0 Å². The molecule has 1 radical (unpaired) electrons. The molecule has 1 rings (SSSR count). The van der Waals surface area contributed by atoms with E-state index in [0.717, 1.165) is 5.56 Å². The quantitative estimate of drug-likeness (QED) is 0.577. The van der Waals surface area contributed by atoms with Gasteiger partial charge in [-0.3, -0.25) is 4.79 Å². The molecule has 1 aromatic rings. The van der Waals surface area contributed by atoms with E-state index in [1.54, 1.807) is 18.8 Å². The molecule has 0 unspecified atom stereocenters. The molecule has 1 amide bonds. The smallest absolute Gasteiger partial charge is 0.309 e. The molecule has 1 heterocycles. The molecule has 0 aromatic carbocycles. The minimum Gasteiger partial charge on any atom is -0.344 e. The lowest BCUT2D eigenvalue weighted by Crippen LogP contribution is -2.09. The molecule has 1 N–H and O–H groups in total. The molecule has 10 heavy (non-hydrogen) atoms. The molecule has 4 nitrogen and oxygen atoms in total. The van der Waals surface area contributed by atoms with Gasteiger partial charge < -0.3 is 5.32 Å². The van der Waals surface area contributed by atoms with Crippen LogP contribution >= 0.6 is 0 Å². The Kier molecular flexibility index (Phi) is 2.37. The van der Waals surface area contributed by atoms with Gasteiger partial charge in [-0.2, -0.15) is 0 Å². The van der Waals surface area contributed by atoms with Crippen LogP contribution in [0.2, 0.25) is 0 Å². The van der Waals surface area contributed by atoms with E-state index < -0.39 is 0 Å². The van der Waals surface area contributed by atoms with Gasteiger partial charge in [0.2, 0.25) is 0 Å². The Morgan fingerprint density at radius 2 is 2.20 bits per heavy atom. The fraction of sp³-hybridized carbons (Fsp3) is 0.167. The summed E-state index contributed by atoms with van der Waals surface area (Å²) in [6.07, 6.45) is 6.27. The number of nitrogens with zero attached hydrogens (tertiary/aromatic N) is 2. The highest BCUT2D eigenvalue weighted by atomic mass is 16.1. The standard InChI is InChI=1S/C6H6N3O/c10-5-9-3-6-1-7-4-8-2-6/h1-2,4H,3H2,(H,9,10). The van der Waals surface area contributed by atoms with Crippen molar-refractivity contribution in [2.24, 2.45) is 0 Å². The van der Waals surface area contributed by atoms with Crippen LogP contribution in [0.15, 0.2) is 18.7 Å². The van der Waals surface area contributed by atoms with E-state index in [4.69, 9.17) is 0 Å². The third-order valence-corrected chi connectivity index (χ3v) is 0.979. The second-order valence-corrected chi connectivity index (χ2v) is 1.70. The zero-order chi connectivity index (χ0) is 7.23. The molecule has 0 aliphatic rings. The SMILES string of the molecule is O=[C]NCc1cncnc1. The van der Waals surface area contributed by atoms with E-state index in [-0.39, 0.29) is 0 Å². The van der Waals surface area contributed by atoms with E-state index in [0.29, 0.717) is 6.54 Å². The average Bonchev–Trinajstić information content (AvgIpc) is 2.03. The Hall–Kier alpha value is -1.45. The zero-order valence-electron chi connectivity index (χ0n) is 5.24. The van der Waals surface area contributed by atoms with Crippen molar-refractivity contribution >= 4 is 6.41 Å². The molecular formula is C6H6N3O. The Balaban J connectivity index is 2.50. The number of rotatable bonds is 3. The minimum atomic E-state index is 0.435. The van der Waals surface area contributed by atoms with Gasteiger partial charge >= 0.3 is 6.41 Å². The van der Waals surface area contributed by atoms with Gasteiger partial charge in [0, 0.05) is 24.5 Å². The van der Waals surface area contributed by atoms with Crippen LogP contribution in [-0.2, 0) is 11.3 Å². The molecule has 51 valence electrons. The van der Waals surface area contributed by atoms with Crippen LogP contribution in [0, 0.1) is 0 Å². The predicted molar refractivity (Wildman–Crippen MR) is 34.6 cm³/mol. The summed E-state index contributed by atoms with van der Waals surface area (Å²) >= 11 is 0. The lowest BCUT2D eigenvalue weighted by atomic mass is 10.3. The predicted octanol–water partition coefficient (Wildman–Crippen LogP) is -0.367. The molecule has 0 spiro atoms. The highest BCUT2D eigenvalue weighted by Gasteiger charge is 1.88. The van der Waals surface area contributed by atoms with Gasteiger partial charge in [-0.25, -0.2) is 9.97 Å². The zero-order valence-corrected chi connectivity index (χ0v) is 5.24. The van der Waals surface area contributed by atoms with Crippen LogP contribution in [0.5, 0.6) is 0 Å². The maximum Gasteiger partial charge on any atom is 0.309 e. The number of hydrogen-bond donors (Lipinski definition) is 1. The molecule has 0 atom stereocenters. The van der Waals surface area contributed by atoms with E-state index in [9.17, 15) is 4.79 Å². The van der Waals surface area contributed by atoms with E-state index in [1.165, 1.54) is 6.33 Å². The highest BCUT2D eigenvalue weighted by molar-refractivity contribution is 5.47. The summed E-state index contributed by atoms with van der Waals surface area (Å²) < 4.78 is 0. The van der Waals surface area contributed by atoms with Crippen LogP contribution in [0.3, 0.4) is 0 Å². The van der Waals surface area contributed by atoms with Crippen molar-refractivity contribution in [3.05, 3.63) is 24.3 Å². The second kappa shape index (κ2) is 3.55. The third-order valence-electron chi connectivity index (χ3n) is 0.979. The fourth-order valence-corrected chi connectivity index (χ4v) is 0.559. The maximum absolute atomic E-state index is 9.70. The van der Waals surface area contributed by atoms with Crippen molar-refractivity contribution < 1.29 is 4.79 Å². The minimum absolute atomic E-state index is 0.435. The summed E-state index contributed by atoms with van der Waals surface area (Å²) in [5.74, 6) is 0. The first-order chi connectivity index (χ1) is 4.93. The number of aromatic nitrogens is 2. The van der Waals surface area contributed by atoms with Gasteiger partial charge in [-0.05, 0) is 0 Å². The molecule has 4 heteroatoms. The lowest BCUT2D eigenvalue weighted by Gasteiger charge is -1.94. The molecule has 0 fully saturated rings. The molecule has 0 aliphatic carbocycles. The Morgan fingerprint density at radius 1 is 1.50 bits per heavy atom. The highest BCUT2D eigenvalue weighted by Crippen LogP contribution is 1.89. The summed E-state index contributed by atoms with van der Waals surface area (Å²) in [5.41, 5.74) is 0.867. The second-order valence-electron chi connectivity index (χ2n) is 1.70. The van der Waals surface area contributed by atoms with Crippen molar-refractivity contribution in [3.8, 4) is 0 Å².